The van der Waals surface area contributed by atoms with Gasteiger partial charge in [0.15, 0.2) is 0 Å². The molecular weight excluding hydrogens is 174 g/mol. The molecule has 0 spiro atoms. The summed E-state index contributed by atoms with van der Waals surface area (Å²) >= 11 is 0. The fourth-order valence-corrected chi connectivity index (χ4v) is 1.47. The van der Waals surface area contributed by atoms with Gasteiger partial charge in [0.25, 0.3) is 0 Å². The van der Waals surface area contributed by atoms with E-state index >= 15 is 0 Å². The van der Waals surface area contributed by atoms with E-state index in [-0.39, 0.29) is 12.4 Å². The molecule has 0 aromatic heterocycles. The molecule has 0 radical (unpaired) electrons. The van der Waals surface area contributed by atoms with E-state index in [4.69, 9.17) is 10.5 Å². The van der Waals surface area contributed by atoms with Crippen LogP contribution in [-0.2, 0) is 4.74 Å². The lowest BCUT2D eigenvalue weighted by atomic mass is 10.0. The van der Waals surface area contributed by atoms with Crippen LogP contribution in [0.2, 0.25) is 0 Å². The Morgan fingerprint density at radius 3 is 2.58 bits per heavy atom. The van der Waals surface area contributed by atoms with Crippen LogP contribution in [0.15, 0.2) is 11.3 Å². The highest BCUT2D eigenvalue weighted by Crippen LogP contribution is 2.23. The maximum atomic E-state index is 5.59. The Balaban J connectivity index is 0.00000121. The van der Waals surface area contributed by atoms with Crippen molar-refractivity contribution in [2.45, 2.75) is 26.7 Å². The zero-order valence-corrected chi connectivity index (χ0v) is 8.62. The summed E-state index contributed by atoms with van der Waals surface area (Å²) < 4.78 is 5.54. The number of nitrogens with two attached hydrogens (primary N) is 1. The Morgan fingerprint density at radius 1 is 1.50 bits per heavy atom. The van der Waals surface area contributed by atoms with Gasteiger partial charge in [-0.05, 0) is 18.4 Å². The summed E-state index contributed by atoms with van der Waals surface area (Å²) in [5, 5.41) is 0. The highest BCUT2D eigenvalue weighted by atomic mass is 35.5. The Hall–Kier alpha value is -0.210. The summed E-state index contributed by atoms with van der Waals surface area (Å²) in [5.74, 6) is 1.63. The van der Waals surface area contributed by atoms with Gasteiger partial charge in [-0.3, -0.25) is 0 Å². The molecule has 12 heavy (non-hydrogen) atoms. The summed E-state index contributed by atoms with van der Waals surface area (Å²) in [6.45, 7) is 5.83. The zero-order valence-electron chi connectivity index (χ0n) is 7.80. The second kappa shape index (κ2) is 5.44. The van der Waals surface area contributed by atoms with Gasteiger partial charge < -0.3 is 10.5 Å². The molecule has 0 amide bonds. The molecule has 0 bridgehead atoms. The van der Waals surface area contributed by atoms with Crippen molar-refractivity contribution in [2.75, 3.05) is 13.2 Å². The first-order valence-corrected chi connectivity index (χ1v) is 4.30. The van der Waals surface area contributed by atoms with E-state index in [1.54, 1.807) is 0 Å². The van der Waals surface area contributed by atoms with Crippen molar-refractivity contribution in [2.24, 2.45) is 11.7 Å². The second-order valence-corrected chi connectivity index (χ2v) is 3.28. The molecule has 2 nitrogen and oxygen atoms in total. The molecule has 0 aromatic carbocycles. The standard InChI is InChI=1S/C9H17NO.ClH/c1-7(2)9-8(6-10)4-3-5-11-9;/h7H,3-6,10H2,1-2H3;1H. The van der Waals surface area contributed by atoms with Crippen LogP contribution in [0, 0.1) is 5.92 Å². The van der Waals surface area contributed by atoms with Gasteiger partial charge >= 0.3 is 0 Å². The van der Waals surface area contributed by atoms with Crippen molar-refractivity contribution in [3.05, 3.63) is 11.3 Å². The number of allylic oxidation sites excluding steroid dienone is 1. The third kappa shape index (κ3) is 2.68. The van der Waals surface area contributed by atoms with E-state index in [2.05, 4.69) is 13.8 Å². The Kier molecular flexibility index (Phi) is 5.34. The Bertz CT molecular complexity index is 166. The number of rotatable bonds is 2. The van der Waals surface area contributed by atoms with E-state index in [1.807, 2.05) is 0 Å². The second-order valence-electron chi connectivity index (χ2n) is 3.28. The van der Waals surface area contributed by atoms with E-state index in [9.17, 15) is 0 Å². The Labute approximate surface area is 80.6 Å². The van der Waals surface area contributed by atoms with Crippen molar-refractivity contribution >= 4 is 12.4 Å². The molecule has 72 valence electrons. The van der Waals surface area contributed by atoms with Gasteiger partial charge in [0, 0.05) is 12.5 Å². The number of ether oxygens (including phenoxy) is 1. The highest BCUT2D eigenvalue weighted by Gasteiger charge is 2.14. The van der Waals surface area contributed by atoms with Crippen molar-refractivity contribution < 1.29 is 4.74 Å². The molecule has 1 aliphatic rings. The van der Waals surface area contributed by atoms with Crippen molar-refractivity contribution in [3.63, 3.8) is 0 Å². The molecule has 0 saturated carbocycles. The first-order valence-electron chi connectivity index (χ1n) is 4.30. The number of halogens is 1. The number of hydrogen-bond acceptors (Lipinski definition) is 2. The van der Waals surface area contributed by atoms with Crippen LogP contribution < -0.4 is 5.73 Å². The van der Waals surface area contributed by atoms with Crippen LogP contribution in [0.3, 0.4) is 0 Å². The fraction of sp³-hybridized carbons (Fsp3) is 0.778. The molecule has 1 aliphatic heterocycles. The summed E-state index contributed by atoms with van der Waals surface area (Å²) in [6.07, 6.45) is 2.26. The smallest absolute Gasteiger partial charge is 0.0989 e. The monoisotopic (exact) mass is 191 g/mol. The van der Waals surface area contributed by atoms with E-state index in [1.165, 1.54) is 5.57 Å². The quantitative estimate of drug-likeness (QED) is 0.726. The minimum atomic E-state index is 0. The molecule has 0 unspecified atom stereocenters. The van der Waals surface area contributed by atoms with Crippen LogP contribution in [0.1, 0.15) is 26.7 Å². The van der Waals surface area contributed by atoms with Gasteiger partial charge in [0.1, 0.15) is 0 Å². The molecule has 1 rings (SSSR count). The van der Waals surface area contributed by atoms with Crippen molar-refractivity contribution in [1.29, 1.82) is 0 Å². The lowest BCUT2D eigenvalue weighted by molar-refractivity contribution is 0.160. The van der Waals surface area contributed by atoms with E-state index in [0.29, 0.717) is 12.5 Å². The van der Waals surface area contributed by atoms with Crippen LogP contribution in [0.25, 0.3) is 0 Å². The van der Waals surface area contributed by atoms with Gasteiger partial charge in [-0.25, -0.2) is 0 Å². The minimum Gasteiger partial charge on any atom is -0.498 e. The van der Waals surface area contributed by atoms with Crippen LogP contribution in [-0.4, -0.2) is 13.2 Å². The molecule has 0 fully saturated rings. The molecule has 0 aromatic rings. The lowest BCUT2D eigenvalue weighted by Crippen LogP contribution is -2.16. The maximum Gasteiger partial charge on any atom is 0.0989 e. The van der Waals surface area contributed by atoms with Crippen LogP contribution in [0.5, 0.6) is 0 Å². The fourth-order valence-electron chi connectivity index (χ4n) is 1.47. The van der Waals surface area contributed by atoms with E-state index in [0.717, 1.165) is 25.2 Å². The molecule has 1 heterocycles. The molecule has 0 atom stereocenters. The third-order valence-electron chi connectivity index (χ3n) is 2.00. The van der Waals surface area contributed by atoms with Crippen molar-refractivity contribution in [1.82, 2.24) is 0 Å². The number of hydrogen-bond donors (Lipinski definition) is 1. The van der Waals surface area contributed by atoms with Crippen LogP contribution >= 0.6 is 12.4 Å². The van der Waals surface area contributed by atoms with Gasteiger partial charge in [-0.15, -0.1) is 12.4 Å². The lowest BCUT2D eigenvalue weighted by Gasteiger charge is -2.23. The molecule has 0 aliphatic carbocycles. The minimum absolute atomic E-state index is 0. The average molecular weight is 192 g/mol. The van der Waals surface area contributed by atoms with Crippen LogP contribution in [0.4, 0.5) is 0 Å². The topological polar surface area (TPSA) is 35.2 Å². The van der Waals surface area contributed by atoms with Gasteiger partial charge in [-0.2, -0.15) is 0 Å². The Morgan fingerprint density at radius 2 is 2.17 bits per heavy atom. The largest absolute Gasteiger partial charge is 0.498 e. The summed E-state index contributed by atoms with van der Waals surface area (Å²) in [5.41, 5.74) is 6.90. The maximum absolute atomic E-state index is 5.59. The molecule has 2 N–H and O–H groups in total. The predicted octanol–water partition coefficient (Wildman–Crippen LogP) is 2.09. The van der Waals surface area contributed by atoms with Gasteiger partial charge in [0.05, 0.1) is 12.4 Å². The summed E-state index contributed by atoms with van der Waals surface area (Å²) in [4.78, 5) is 0. The predicted molar refractivity (Wildman–Crippen MR) is 53.4 cm³/mol. The average Bonchev–Trinajstić information content (AvgIpc) is 2.04. The summed E-state index contributed by atoms with van der Waals surface area (Å²) in [6, 6.07) is 0. The van der Waals surface area contributed by atoms with Gasteiger partial charge in [-0.1, -0.05) is 13.8 Å². The zero-order chi connectivity index (χ0) is 8.27. The molecule has 3 heteroatoms. The van der Waals surface area contributed by atoms with Gasteiger partial charge in [0.2, 0.25) is 0 Å². The third-order valence-corrected chi connectivity index (χ3v) is 2.00. The first kappa shape index (κ1) is 11.8. The first-order chi connectivity index (χ1) is 5.25. The normalized spacial score (nSPS) is 17.3. The van der Waals surface area contributed by atoms with E-state index < -0.39 is 0 Å². The van der Waals surface area contributed by atoms with Crippen molar-refractivity contribution in [3.8, 4) is 0 Å². The highest BCUT2D eigenvalue weighted by molar-refractivity contribution is 5.85. The molecular formula is C9H18ClNO. The summed E-state index contributed by atoms with van der Waals surface area (Å²) in [7, 11) is 0. The SMILES string of the molecule is CC(C)C1=C(CN)CCCO1.Cl. The molecule has 0 saturated heterocycles.